The highest BCUT2D eigenvalue weighted by Crippen LogP contribution is 2.34. The maximum absolute atomic E-state index is 12.9. The highest BCUT2D eigenvalue weighted by atomic mass is 19.1. The summed E-state index contributed by atoms with van der Waals surface area (Å²) in [6, 6.07) is 5.65. The monoisotopic (exact) mass is 420 g/mol. The molecule has 0 spiro atoms. The minimum Gasteiger partial charge on any atom is -0.491 e. The molecule has 30 heavy (non-hydrogen) atoms. The number of hydrogen-bond acceptors (Lipinski definition) is 5. The van der Waals surface area contributed by atoms with E-state index in [2.05, 4.69) is 0 Å². The van der Waals surface area contributed by atoms with Crippen LogP contribution >= 0.6 is 0 Å². The maximum Gasteiger partial charge on any atom is 0.305 e. The summed E-state index contributed by atoms with van der Waals surface area (Å²) in [5, 5.41) is 10.1. The number of halogens is 1. The van der Waals surface area contributed by atoms with Crippen LogP contribution in [-0.2, 0) is 14.3 Å². The van der Waals surface area contributed by atoms with E-state index in [0.717, 1.165) is 38.5 Å². The maximum atomic E-state index is 12.9. The van der Waals surface area contributed by atoms with E-state index in [1.807, 2.05) is 6.08 Å². The standard InChI is InChI=1S/C24H33FO5/c1-2-29-24(28)8-6-4-3-5-7-22-18(10-16-23(22)27)9-13-20(26)17-30-21-14-11-19(25)12-15-21/h9,11-15,18,20,22,26H,2-8,10,16-17H2,1H3/b13-9+/t18-,20-,22-/m0/s1. The first-order chi connectivity index (χ1) is 14.5. The Bertz CT molecular complexity index is 685. The SMILES string of the molecule is CCOC(=O)CCCCCC[C@@H]1C(=O)CC[C@@H]1/C=C/[C@H](O)COc1ccc(F)cc1. The number of carbonyl (C=O) groups excluding carboxylic acids is 2. The molecule has 0 radical (unpaired) electrons. The van der Waals surface area contributed by atoms with Gasteiger partial charge in [-0.15, -0.1) is 0 Å². The number of aliphatic hydroxyl groups is 1. The van der Waals surface area contributed by atoms with Crippen LogP contribution in [0.5, 0.6) is 5.75 Å². The molecule has 0 saturated heterocycles. The van der Waals surface area contributed by atoms with E-state index in [1.165, 1.54) is 24.3 Å². The van der Waals surface area contributed by atoms with Crippen molar-refractivity contribution in [3.8, 4) is 5.75 Å². The summed E-state index contributed by atoms with van der Waals surface area (Å²) in [6.45, 7) is 2.30. The Hall–Kier alpha value is -2.21. The number of hydrogen-bond donors (Lipinski definition) is 1. The van der Waals surface area contributed by atoms with Gasteiger partial charge in [-0.05, 0) is 56.4 Å². The lowest BCUT2D eigenvalue weighted by Gasteiger charge is -2.16. The average Bonchev–Trinajstić information content (AvgIpc) is 3.08. The van der Waals surface area contributed by atoms with Crippen LogP contribution in [0.15, 0.2) is 36.4 Å². The summed E-state index contributed by atoms with van der Waals surface area (Å²) < 4.78 is 23.3. The Balaban J connectivity index is 1.67. The summed E-state index contributed by atoms with van der Waals surface area (Å²) in [7, 11) is 0. The van der Waals surface area contributed by atoms with Gasteiger partial charge in [0.05, 0.1) is 6.61 Å². The second kappa shape index (κ2) is 13.2. The molecule has 1 aromatic rings. The highest BCUT2D eigenvalue weighted by molar-refractivity contribution is 5.83. The van der Waals surface area contributed by atoms with Crippen LogP contribution in [0.4, 0.5) is 4.39 Å². The third-order valence-electron chi connectivity index (χ3n) is 5.42. The molecule has 1 aromatic carbocycles. The van der Waals surface area contributed by atoms with Gasteiger partial charge in [0.15, 0.2) is 0 Å². The predicted molar refractivity (Wildman–Crippen MR) is 113 cm³/mol. The van der Waals surface area contributed by atoms with E-state index >= 15 is 0 Å². The van der Waals surface area contributed by atoms with Crippen molar-refractivity contribution >= 4 is 11.8 Å². The number of ether oxygens (including phenoxy) is 2. The number of ketones is 1. The molecule has 0 aliphatic heterocycles. The summed E-state index contributed by atoms with van der Waals surface area (Å²) in [5.41, 5.74) is 0. The van der Waals surface area contributed by atoms with E-state index in [0.29, 0.717) is 31.0 Å². The zero-order valence-corrected chi connectivity index (χ0v) is 17.7. The Morgan fingerprint density at radius 1 is 1.23 bits per heavy atom. The minimum absolute atomic E-state index is 0.0107. The number of carbonyl (C=O) groups is 2. The lowest BCUT2D eigenvalue weighted by molar-refractivity contribution is -0.143. The minimum atomic E-state index is -0.783. The van der Waals surface area contributed by atoms with Crippen LogP contribution in [0.1, 0.15) is 58.3 Å². The number of unbranched alkanes of at least 4 members (excludes halogenated alkanes) is 3. The molecule has 2 rings (SSSR count). The van der Waals surface area contributed by atoms with Crippen LogP contribution in [0.2, 0.25) is 0 Å². The molecule has 1 saturated carbocycles. The molecule has 3 atom stereocenters. The van der Waals surface area contributed by atoms with Gasteiger partial charge in [-0.2, -0.15) is 0 Å². The van der Waals surface area contributed by atoms with Crippen LogP contribution in [0.3, 0.4) is 0 Å². The summed E-state index contributed by atoms with van der Waals surface area (Å²) in [6.07, 6.45) is 9.28. The predicted octanol–water partition coefficient (Wildman–Crippen LogP) is 4.62. The molecule has 0 heterocycles. The number of benzene rings is 1. The summed E-state index contributed by atoms with van der Waals surface area (Å²) in [5.74, 6) is 0.484. The third kappa shape index (κ3) is 8.66. The van der Waals surface area contributed by atoms with Crippen molar-refractivity contribution < 1.29 is 28.6 Å². The molecule has 0 aromatic heterocycles. The van der Waals surface area contributed by atoms with Gasteiger partial charge in [-0.3, -0.25) is 9.59 Å². The quantitative estimate of drug-likeness (QED) is 0.286. The number of Topliss-reactive ketones (excluding diaryl/α,β-unsaturated/α-hetero) is 1. The third-order valence-corrected chi connectivity index (χ3v) is 5.42. The van der Waals surface area contributed by atoms with Crippen LogP contribution in [-0.4, -0.2) is 36.2 Å². The van der Waals surface area contributed by atoms with Crippen molar-refractivity contribution in [2.24, 2.45) is 11.8 Å². The molecule has 5 nitrogen and oxygen atoms in total. The van der Waals surface area contributed by atoms with E-state index in [-0.39, 0.29) is 30.2 Å². The van der Waals surface area contributed by atoms with Crippen molar-refractivity contribution in [2.75, 3.05) is 13.2 Å². The van der Waals surface area contributed by atoms with Crippen LogP contribution in [0.25, 0.3) is 0 Å². The number of allylic oxidation sites excluding steroid dienone is 1. The molecular formula is C24H33FO5. The highest BCUT2D eigenvalue weighted by Gasteiger charge is 2.32. The summed E-state index contributed by atoms with van der Waals surface area (Å²) >= 11 is 0. The second-order valence-corrected chi connectivity index (χ2v) is 7.75. The molecular weight excluding hydrogens is 387 g/mol. The Kier molecular flexibility index (Phi) is 10.6. The lowest BCUT2D eigenvalue weighted by atomic mass is 9.89. The van der Waals surface area contributed by atoms with Gasteiger partial charge >= 0.3 is 5.97 Å². The molecule has 0 unspecified atom stereocenters. The van der Waals surface area contributed by atoms with Gasteiger partial charge in [0, 0.05) is 18.8 Å². The topological polar surface area (TPSA) is 72.8 Å². The average molecular weight is 421 g/mol. The van der Waals surface area contributed by atoms with Crippen molar-refractivity contribution in [1.29, 1.82) is 0 Å². The fourth-order valence-electron chi connectivity index (χ4n) is 3.80. The molecule has 1 fully saturated rings. The van der Waals surface area contributed by atoms with Gasteiger partial charge < -0.3 is 14.6 Å². The smallest absolute Gasteiger partial charge is 0.305 e. The zero-order chi connectivity index (χ0) is 21.8. The van der Waals surface area contributed by atoms with Crippen LogP contribution < -0.4 is 4.74 Å². The molecule has 0 bridgehead atoms. The van der Waals surface area contributed by atoms with Crippen LogP contribution in [0, 0.1) is 17.7 Å². The first kappa shape index (κ1) is 24.1. The largest absolute Gasteiger partial charge is 0.491 e. The summed E-state index contributed by atoms with van der Waals surface area (Å²) in [4.78, 5) is 23.6. The Labute approximate surface area is 178 Å². The normalized spacial score (nSPS) is 19.9. The van der Waals surface area contributed by atoms with Gasteiger partial charge in [-0.25, -0.2) is 4.39 Å². The molecule has 0 amide bonds. The molecule has 166 valence electrons. The Morgan fingerprint density at radius 3 is 2.70 bits per heavy atom. The van der Waals surface area contributed by atoms with Gasteiger partial charge in [0.25, 0.3) is 0 Å². The fraction of sp³-hybridized carbons (Fsp3) is 0.583. The number of rotatable bonds is 13. The zero-order valence-electron chi connectivity index (χ0n) is 17.7. The van der Waals surface area contributed by atoms with E-state index in [1.54, 1.807) is 13.0 Å². The van der Waals surface area contributed by atoms with Gasteiger partial charge in [0.2, 0.25) is 0 Å². The Morgan fingerprint density at radius 2 is 1.97 bits per heavy atom. The molecule has 6 heteroatoms. The van der Waals surface area contributed by atoms with Crippen molar-refractivity contribution in [2.45, 2.75) is 64.4 Å². The van der Waals surface area contributed by atoms with Crippen molar-refractivity contribution in [3.05, 3.63) is 42.2 Å². The van der Waals surface area contributed by atoms with Gasteiger partial charge in [0.1, 0.15) is 30.1 Å². The van der Waals surface area contributed by atoms with E-state index < -0.39 is 6.10 Å². The first-order valence-electron chi connectivity index (χ1n) is 10.9. The van der Waals surface area contributed by atoms with Crippen molar-refractivity contribution in [3.63, 3.8) is 0 Å². The second-order valence-electron chi connectivity index (χ2n) is 7.75. The first-order valence-corrected chi connectivity index (χ1v) is 10.9. The molecule has 1 N–H and O–H groups in total. The lowest BCUT2D eigenvalue weighted by Crippen LogP contribution is -2.17. The number of aliphatic hydroxyl groups excluding tert-OH is 1. The van der Waals surface area contributed by atoms with E-state index in [9.17, 15) is 19.1 Å². The fourth-order valence-corrected chi connectivity index (χ4v) is 3.80. The van der Waals surface area contributed by atoms with Crippen molar-refractivity contribution in [1.82, 2.24) is 0 Å². The number of esters is 1. The van der Waals surface area contributed by atoms with Gasteiger partial charge in [-0.1, -0.05) is 31.4 Å². The van der Waals surface area contributed by atoms with E-state index in [4.69, 9.17) is 9.47 Å². The molecule has 1 aliphatic carbocycles. The molecule has 1 aliphatic rings.